The van der Waals surface area contributed by atoms with E-state index >= 15 is 0 Å². The molecule has 128 valence electrons. The molecule has 0 aliphatic heterocycles. The number of hydrogen-bond donors (Lipinski definition) is 1. The van der Waals surface area contributed by atoms with Crippen LogP contribution in [-0.2, 0) is 6.18 Å². The van der Waals surface area contributed by atoms with E-state index in [9.17, 15) is 18.0 Å². The van der Waals surface area contributed by atoms with Crippen LogP contribution in [0.3, 0.4) is 0 Å². The number of halogens is 3. The second-order valence-electron chi connectivity index (χ2n) is 5.37. The Morgan fingerprint density at radius 2 is 1.96 bits per heavy atom. The Kier molecular flexibility index (Phi) is 5.11. The van der Waals surface area contributed by atoms with Crippen LogP contribution < -0.4 is 10.1 Å². The van der Waals surface area contributed by atoms with Gasteiger partial charge in [0, 0.05) is 11.8 Å². The number of nitrogens with zero attached hydrogens (tertiary/aromatic N) is 1. The summed E-state index contributed by atoms with van der Waals surface area (Å²) in [6.45, 7) is 3.67. The molecule has 0 bridgehead atoms. The molecule has 1 atom stereocenters. The standard InChI is InChI=1S/C17H17F3N2O2/c1-10-4-7-15(24-3)13(8-10)11(2)22-16(23)14-6-5-12(9-21-14)17(18,19)20/h4-9,11H,1-3H3,(H,22,23). The summed E-state index contributed by atoms with van der Waals surface area (Å²) in [5.74, 6) is 0.0635. The van der Waals surface area contributed by atoms with Gasteiger partial charge in [-0.2, -0.15) is 13.2 Å². The number of pyridine rings is 1. The van der Waals surface area contributed by atoms with Crippen molar-refractivity contribution in [3.8, 4) is 5.75 Å². The molecule has 0 radical (unpaired) electrons. The van der Waals surface area contributed by atoms with Crippen LogP contribution in [0.5, 0.6) is 5.75 Å². The van der Waals surface area contributed by atoms with Gasteiger partial charge in [0.15, 0.2) is 0 Å². The number of benzene rings is 1. The van der Waals surface area contributed by atoms with Crippen LogP contribution in [0.1, 0.15) is 40.1 Å². The van der Waals surface area contributed by atoms with Gasteiger partial charge in [-0.05, 0) is 32.0 Å². The molecule has 0 fully saturated rings. The van der Waals surface area contributed by atoms with Crippen LogP contribution in [0.25, 0.3) is 0 Å². The number of nitrogens with one attached hydrogen (secondary N) is 1. The molecule has 0 saturated heterocycles. The van der Waals surface area contributed by atoms with Gasteiger partial charge in [-0.15, -0.1) is 0 Å². The number of carbonyl (C=O) groups excluding carboxylic acids is 1. The van der Waals surface area contributed by atoms with Crippen molar-refractivity contribution in [1.29, 1.82) is 0 Å². The summed E-state index contributed by atoms with van der Waals surface area (Å²) in [7, 11) is 1.53. The number of rotatable bonds is 4. The molecule has 0 spiro atoms. The zero-order chi connectivity index (χ0) is 17.9. The minimum Gasteiger partial charge on any atom is -0.496 e. The normalized spacial score (nSPS) is 12.6. The molecule has 1 N–H and O–H groups in total. The molecular weight excluding hydrogens is 321 g/mol. The fourth-order valence-electron chi connectivity index (χ4n) is 2.24. The van der Waals surface area contributed by atoms with E-state index in [-0.39, 0.29) is 5.69 Å². The predicted molar refractivity (Wildman–Crippen MR) is 82.9 cm³/mol. The van der Waals surface area contributed by atoms with Crippen LogP contribution in [0.2, 0.25) is 0 Å². The molecule has 1 heterocycles. The highest BCUT2D eigenvalue weighted by atomic mass is 19.4. The molecule has 24 heavy (non-hydrogen) atoms. The van der Waals surface area contributed by atoms with Crippen molar-refractivity contribution in [2.75, 3.05) is 7.11 Å². The average Bonchev–Trinajstić information content (AvgIpc) is 2.54. The Morgan fingerprint density at radius 1 is 1.25 bits per heavy atom. The summed E-state index contributed by atoms with van der Waals surface area (Å²) in [5, 5.41) is 2.71. The van der Waals surface area contributed by atoms with Gasteiger partial charge in [-0.1, -0.05) is 17.7 Å². The first kappa shape index (κ1) is 17.8. The summed E-state index contributed by atoms with van der Waals surface area (Å²) in [6.07, 6.45) is -3.84. The smallest absolute Gasteiger partial charge is 0.417 e. The van der Waals surface area contributed by atoms with Crippen LogP contribution >= 0.6 is 0 Å². The lowest BCUT2D eigenvalue weighted by atomic mass is 10.0. The summed E-state index contributed by atoms with van der Waals surface area (Å²) < 4.78 is 42.8. The van der Waals surface area contributed by atoms with Crippen molar-refractivity contribution in [3.05, 3.63) is 58.9 Å². The summed E-state index contributed by atoms with van der Waals surface area (Å²) in [4.78, 5) is 15.8. The Bertz CT molecular complexity index is 728. The topological polar surface area (TPSA) is 51.2 Å². The average molecular weight is 338 g/mol. The maximum Gasteiger partial charge on any atom is 0.417 e. The van der Waals surface area contributed by atoms with Gasteiger partial charge in [-0.3, -0.25) is 9.78 Å². The third-order valence-corrected chi connectivity index (χ3v) is 3.52. The number of methoxy groups -OCH3 is 1. The Labute approximate surface area is 137 Å². The van der Waals surface area contributed by atoms with E-state index in [2.05, 4.69) is 10.3 Å². The monoisotopic (exact) mass is 338 g/mol. The third kappa shape index (κ3) is 4.04. The molecule has 0 aliphatic carbocycles. The molecule has 0 aliphatic rings. The van der Waals surface area contributed by atoms with Gasteiger partial charge >= 0.3 is 6.18 Å². The van der Waals surface area contributed by atoms with Crippen molar-refractivity contribution in [2.45, 2.75) is 26.1 Å². The fourth-order valence-corrected chi connectivity index (χ4v) is 2.24. The molecule has 1 unspecified atom stereocenters. The van der Waals surface area contributed by atoms with Crippen LogP contribution in [0.4, 0.5) is 13.2 Å². The van der Waals surface area contributed by atoms with Crippen molar-refractivity contribution in [1.82, 2.24) is 10.3 Å². The van der Waals surface area contributed by atoms with E-state index in [1.807, 2.05) is 19.1 Å². The summed E-state index contributed by atoms with van der Waals surface area (Å²) in [6, 6.07) is 7.05. The lowest BCUT2D eigenvalue weighted by Gasteiger charge is -2.18. The minimum atomic E-state index is -4.48. The zero-order valence-corrected chi connectivity index (χ0v) is 13.4. The van der Waals surface area contributed by atoms with E-state index in [4.69, 9.17) is 4.74 Å². The van der Waals surface area contributed by atoms with Crippen LogP contribution in [0, 0.1) is 6.92 Å². The molecule has 4 nitrogen and oxygen atoms in total. The second kappa shape index (κ2) is 6.90. The molecular formula is C17H17F3N2O2. The maximum atomic E-state index is 12.5. The number of hydrogen-bond acceptors (Lipinski definition) is 3. The SMILES string of the molecule is COc1ccc(C)cc1C(C)NC(=O)c1ccc(C(F)(F)F)cn1. The molecule has 0 saturated carbocycles. The fraction of sp³-hybridized carbons (Fsp3) is 0.294. The quantitative estimate of drug-likeness (QED) is 0.920. The number of aryl methyl sites for hydroxylation is 1. The largest absolute Gasteiger partial charge is 0.496 e. The van der Waals surface area contributed by atoms with Gasteiger partial charge in [0.2, 0.25) is 0 Å². The third-order valence-electron chi connectivity index (χ3n) is 3.52. The Morgan fingerprint density at radius 3 is 2.50 bits per heavy atom. The molecule has 2 aromatic rings. The number of aromatic nitrogens is 1. The van der Waals surface area contributed by atoms with Gasteiger partial charge in [0.05, 0.1) is 18.7 Å². The number of ether oxygens (including phenoxy) is 1. The Hall–Kier alpha value is -2.57. The lowest BCUT2D eigenvalue weighted by Crippen LogP contribution is -2.28. The van der Waals surface area contributed by atoms with Crippen molar-refractivity contribution < 1.29 is 22.7 Å². The maximum absolute atomic E-state index is 12.5. The van der Waals surface area contributed by atoms with E-state index in [0.717, 1.165) is 23.3 Å². The number of carbonyl (C=O) groups is 1. The highest BCUT2D eigenvalue weighted by Gasteiger charge is 2.31. The highest BCUT2D eigenvalue weighted by Crippen LogP contribution is 2.29. The van der Waals surface area contributed by atoms with E-state index in [1.54, 1.807) is 13.0 Å². The molecule has 1 amide bonds. The molecule has 2 rings (SSSR count). The number of alkyl halides is 3. The van der Waals surface area contributed by atoms with Gasteiger partial charge in [0.25, 0.3) is 5.91 Å². The van der Waals surface area contributed by atoms with Crippen LogP contribution in [-0.4, -0.2) is 18.0 Å². The Balaban J connectivity index is 2.16. The zero-order valence-electron chi connectivity index (χ0n) is 13.4. The van der Waals surface area contributed by atoms with Gasteiger partial charge in [0.1, 0.15) is 11.4 Å². The van der Waals surface area contributed by atoms with E-state index in [1.165, 1.54) is 7.11 Å². The molecule has 1 aromatic heterocycles. The van der Waals surface area contributed by atoms with Gasteiger partial charge in [-0.25, -0.2) is 0 Å². The minimum absolute atomic E-state index is 0.0820. The second-order valence-corrected chi connectivity index (χ2v) is 5.37. The predicted octanol–water partition coefficient (Wildman–Crippen LogP) is 3.91. The number of amides is 1. The first-order valence-electron chi connectivity index (χ1n) is 7.21. The molecule has 1 aromatic carbocycles. The lowest BCUT2D eigenvalue weighted by molar-refractivity contribution is -0.137. The first-order valence-corrected chi connectivity index (χ1v) is 7.21. The van der Waals surface area contributed by atoms with Gasteiger partial charge < -0.3 is 10.1 Å². The first-order chi connectivity index (χ1) is 11.2. The molecule has 7 heteroatoms. The highest BCUT2D eigenvalue weighted by molar-refractivity contribution is 5.92. The van der Waals surface area contributed by atoms with Crippen molar-refractivity contribution >= 4 is 5.91 Å². The van der Waals surface area contributed by atoms with Crippen molar-refractivity contribution in [2.24, 2.45) is 0 Å². The van der Waals surface area contributed by atoms with Crippen LogP contribution in [0.15, 0.2) is 36.5 Å². The van der Waals surface area contributed by atoms with Crippen molar-refractivity contribution in [3.63, 3.8) is 0 Å². The van der Waals surface area contributed by atoms with E-state index < -0.39 is 23.7 Å². The summed E-state index contributed by atoms with van der Waals surface area (Å²) >= 11 is 0. The summed E-state index contributed by atoms with van der Waals surface area (Å²) in [5.41, 5.74) is 0.797. The van der Waals surface area contributed by atoms with E-state index in [0.29, 0.717) is 11.9 Å².